The average Bonchev–Trinajstić information content (AvgIpc) is 2.81. The predicted octanol–water partition coefficient (Wildman–Crippen LogP) is 1.83. The Kier molecular flexibility index (Phi) is 3.97. The molecule has 1 saturated heterocycles. The van der Waals surface area contributed by atoms with Crippen LogP contribution in [-0.2, 0) is 9.53 Å². The third-order valence-electron chi connectivity index (χ3n) is 3.79. The topological polar surface area (TPSA) is 89.0 Å². The van der Waals surface area contributed by atoms with Crippen LogP contribution in [0.5, 0.6) is 0 Å². The first-order valence-electron chi connectivity index (χ1n) is 7.27. The molecule has 3 rings (SSSR count). The van der Waals surface area contributed by atoms with Gasteiger partial charge in [-0.3, -0.25) is 9.78 Å². The Morgan fingerprint density at radius 3 is 2.71 bits per heavy atom. The number of nitrogens with one attached hydrogen (secondary N) is 2. The van der Waals surface area contributed by atoms with Crippen LogP contribution in [0.3, 0.4) is 0 Å². The van der Waals surface area contributed by atoms with Crippen molar-refractivity contribution >= 4 is 17.5 Å². The minimum atomic E-state index is -0.961. The molecule has 2 heterocycles. The van der Waals surface area contributed by atoms with Crippen LogP contribution in [0.15, 0.2) is 16.9 Å². The molecule has 1 amide bonds. The van der Waals surface area contributed by atoms with Crippen LogP contribution in [0.25, 0.3) is 5.69 Å². The Morgan fingerprint density at radius 1 is 1.42 bits per heavy atom. The standard InChI is InChI=1S/C15H16ClFN4O3/c1-7-18-14(23)21(20-7)11-4-8(10(17)5-9(11)16)12-19-13(22)15(2,3)6-24-12/h4-5,12H,6H2,1-3H3,(H,19,22)(H,18,20,23). The lowest BCUT2D eigenvalue weighted by atomic mass is 9.92. The van der Waals surface area contributed by atoms with Gasteiger partial charge in [0.15, 0.2) is 6.23 Å². The molecule has 0 spiro atoms. The normalized spacial score (nSPS) is 20.0. The molecule has 0 bridgehead atoms. The number of ether oxygens (including phenoxy) is 1. The van der Waals surface area contributed by atoms with Crippen LogP contribution in [0.2, 0.25) is 5.02 Å². The predicted molar refractivity (Wildman–Crippen MR) is 84.5 cm³/mol. The number of carbonyl (C=O) groups is 1. The largest absolute Gasteiger partial charge is 0.353 e. The summed E-state index contributed by atoms with van der Waals surface area (Å²) in [5, 5.41) is 6.65. The summed E-state index contributed by atoms with van der Waals surface area (Å²) < 4.78 is 20.9. The third-order valence-corrected chi connectivity index (χ3v) is 4.10. The van der Waals surface area contributed by atoms with E-state index in [2.05, 4.69) is 15.4 Å². The molecule has 9 heteroatoms. The molecule has 0 aliphatic carbocycles. The summed E-state index contributed by atoms with van der Waals surface area (Å²) in [6, 6.07) is 2.42. The number of carbonyl (C=O) groups excluding carboxylic acids is 1. The molecule has 1 aliphatic rings. The number of rotatable bonds is 2. The van der Waals surface area contributed by atoms with E-state index in [1.807, 2.05) is 0 Å². The Labute approximate surface area is 141 Å². The monoisotopic (exact) mass is 354 g/mol. The number of benzene rings is 1. The minimum absolute atomic E-state index is 0.0207. The van der Waals surface area contributed by atoms with Gasteiger partial charge in [-0.05, 0) is 32.9 Å². The summed E-state index contributed by atoms with van der Waals surface area (Å²) >= 11 is 6.05. The van der Waals surface area contributed by atoms with E-state index in [0.717, 1.165) is 10.7 Å². The highest BCUT2D eigenvalue weighted by Gasteiger charge is 2.37. The van der Waals surface area contributed by atoms with Crippen LogP contribution < -0.4 is 11.0 Å². The summed E-state index contributed by atoms with van der Waals surface area (Å²) in [6.45, 7) is 5.22. The molecule has 0 saturated carbocycles. The maximum atomic E-state index is 14.3. The van der Waals surface area contributed by atoms with Crippen molar-refractivity contribution in [1.82, 2.24) is 20.1 Å². The molecule has 2 N–H and O–H groups in total. The van der Waals surface area contributed by atoms with Gasteiger partial charge in [-0.1, -0.05) is 11.6 Å². The molecule has 1 unspecified atom stereocenters. The number of aromatic amines is 1. The number of H-pyrrole nitrogens is 1. The number of amides is 1. The second kappa shape index (κ2) is 5.71. The van der Waals surface area contributed by atoms with Gasteiger partial charge in [0, 0.05) is 5.56 Å². The van der Waals surface area contributed by atoms with Crippen LogP contribution in [0.1, 0.15) is 31.5 Å². The Hall–Kier alpha value is -2.19. The van der Waals surface area contributed by atoms with Gasteiger partial charge < -0.3 is 10.1 Å². The third kappa shape index (κ3) is 2.83. The van der Waals surface area contributed by atoms with E-state index in [0.29, 0.717) is 5.82 Å². The number of aromatic nitrogens is 3. The zero-order chi connectivity index (χ0) is 17.6. The molecule has 1 aliphatic heterocycles. The maximum absolute atomic E-state index is 14.3. The highest BCUT2D eigenvalue weighted by atomic mass is 35.5. The number of aryl methyl sites for hydroxylation is 1. The lowest BCUT2D eigenvalue weighted by molar-refractivity contribution is -0.150. The molecule has 1 aromatic carbocycles. The smallest absolute Gasteiger partial charge is 0.348 e. The van der Waals surface area contributed by atoms with Crippen molar-refractivity contribution in [2.24, 2.45) is 5.41 Å². The van der Waals surface area contributed by atoms with Crippen molar-refractivity contribution in [1.29, 1.82) is 0 Å². The van der Waals surface area contributed by atoms with Crippen molar-refractivity contribution in [3.63, 3.8) is 0 Å². The van der Waals surface area contributed by atoms with E-state index in [1.165, 1.54) is 6.07 Å². The van der Waals surface area contributed by atoms with Crippen LogP contribution in [0, 0.1) is 18.2 Å². The SMILES string of the molecule is Cc1nn(-c2cc(C3NC(=O)C(C)(C)CO3)c(F)cc2Cl)c(=O)[nH]1. The van der Waals surface area contributed by atoms with E-state index < -0.39 is 23.1 Å². The fourth-order valence-corrected chi connectivity index (χ4v) is 2.62. The van der Waals surface area contributed by atoms with Gasteiger partial charge in [-0.15, -0.1) is 0 Å². The van der Waals surface area contributed by atoms with Crippen LogP contribution in [0.4, 0.5) is 4.39 Å². The van der Waals surface area contributed by atoms with Gasteiger partial charge >= 0.3 is 5.69 Å². The first-order valence-corrected chi connectivity index (χ1v) is 7.64. The summed E-state index contributed by atoms with van der Waals surface area (Å²) in [5.74, 6) is -0.498. The highest BCUT2D eigenvalue weighted by molar-refractivity contribution is 6.32. The maximum Gasteiger partial charge on any atom is 0.348 e. The fourth-order valence-electron chi connectivity index (χ4n) is 2.39. The molecule has 24 heavy (non-hydrogen) atoms. The Morgan fingerprint density at radius 2 is 2.12 bits per heavy atom. The Bertz CT molecular complexity index is 874. The number of nitrogens with zero attached hydrogens (tertiary/aromatic N) is 2. The molecular weight excluding hydrogens is 339 g/mol. The minimum Gasteiger partial charge on any atom is -0.353 e. The van der Waals surface area contributed by atoms with Crippen LogP contribution in [-0.4, -0.2) is 27.3 Å². The van der Waals surface area contributed by atoms with Gasteiger partial charge in [0.05, 0.1) is 22.7 Å². The number of hydrogen-bond acceptors (Lipinski definition) is 4. The van der Waals surface area contributed by atoms with Crippen molar-refractivity contribution in [2.75, 3.05) is 6.61 Å². The Balaban J connectivity index is 2.04. The van der Waals surface area contributed by atoms with Crippen molar-refractivity contribution in [3.05, 3.63) is 44.8 Å². The molecule has 1 aromatic heterocycles. The van der Waals surface area contributed by atoms with Gasteiger partial charge in [0.1, 0.15) is 11.6 Å². The van der Waals surface area contributed by atoms with Crippen molar-refractivity contribution in [2.45, 2.75) is 27.0 Å². The first-order chi connectivity index (χ1) is 11.2. The number of hydrogen-bond donors (Lipinski definition) is 2. The molecule has 2 aromatic rings. The van der Waals surface area contributed by atoms with Gasteiger partial charge in [0.2, 0.25) is 5.91 Å². The summed E-state index contributed by atoms with van der Waals surface area (Å²) in [6.07, 6.45) is -0.961. The van der Waals surface area contributed by atoms with E-state index in [4.69, 9.17) is 16.3 Å². The lowest BCUT2D eigenvalue weighted by Gasteiger charge is -2.34. The molecule has 128 valence electrons. The van der Waals surface area contributed by atoms with Gasteiger partial charge in [-0.25, -0.2) is 9.18 Å². The number of halogens is 2. The van der Waals surface area contributed by atoms with Gasteiger partial charge in [0.25, 0.3) is 0 Å². The van der Waals surface area contributed by atoms with Crippen molar-refractivity contribution in [3.8, 4) is 5.69 Å². The van der Waals surface area contributed by atoms with Gasteiger partial charge in [-0.2, -0.15) is 9.78 Å². The van der Waals surface area contributed by atoms with Crippen LogP contribution >= 0.6 is 11.6 Å². The van der Waals surface area contributed by atoms with E-state index >= 15 is 0 Å². The van der Waals surface area contributed by atoms with E-state index in [9.17, 15) is 14.0 Å². The lowest BCUT2D eigenvalue weighted by Crippen LogP contribution is -2.48. The van der Waals surface area contributed by atoms with E-state index in [1.54, 1.807) is 20.8 Å². The summed E-state index contributed by atoms with van der Waals surface area (Å²) in [5.41, 5.74) is -0.920. The molecule has 7 nitrogen and oxygen atoms in total. The molecule has 1 atom stereocenters. The zero-order valence-corrected chi connectivity index (χ0v) is 14.1. The highest BCUT2D eigenvalue weighted by Crippen LogP contribution is 2.32. The summed E-state index contributed by atoms with van der Waals surface area (Å²) in [4.78, 5) is 26.5. The zero-order valence-electron chi connectivity index (χ0n) is 13.3. The second-order valence-corrected chi connectivity index (χ2v) is 6.71. The van der Waals surface area contributed by atoms with E-state index in [-0.39, 0.29) is 28.8 Å². The quantitative estimate of drug-likeness (QED) is 0.861. The second-order valence-electron chi connectivity index (χ2n) is 6.30. The van der Waals surface area contributed by atoms with Crippen molar-refractivity contribution < 1.29 is 13.9 Å². The average molecular weight is 355 g/mol. The molecular formula is C15H16ClFN4O3. The summed E-state index contributed by atoms with van der Waals surface area (Å²) in [7, 11) is 0. The fraction of sp³-hybridized carbons (Fsp3) is 0.400. The first kappa shape index (κ1) is 16.7. The molecule has 1 fully saturated rings. The molecule has 0 radical (unpaired) electrons.